The number of rotatable bonds is 3. The molecule has 21 heavy (non-hydrogen) atoms. The van der Waals surface area contributed by atoms with Crippen molar-refractivity contribution >= 4 is 23.3 Å². The third kappa shape index (κ3) is 3.24. The van der Waals surface area contributed by atoms with E-state index in [-0.39, 0.29) is 0 Å². The number of aromatic amines is 1. The maximum absolute atomic E-state index is 12.1. The molecule has 0 saturated carbocycles. The van der Waals surface area contributed by atoms with Gasteiger partial charge in [-0.25, -0.2) is 4.79 Å². The van der Waals surface area contributed by atoms with E-state index in [9.17, 15) is 9.59 Å². The Morgan fingerprint density at radius 2 is 2.00 bits per heavy atom. The number of aromatic nitrogens is 1. The Hall–Kier alpha value is -2.30. The summed E-state index contributed by atoms with van der Waals surface area (Å²) in [5, 5.41) is 0.921. The second-order valence-electron chi connectivity index (χ2n) is 5.96. The summed E-state index contributed by atoms with van der Waals surface area (Å²) in [4.78, 5) is 28.0. The first-order valence-corrected chi connectivity index (χ1v) is 6.80. The van der Waals surface area contributed by atoms with Crippen molar-refractivity contribution in [1.82, 2.24) is 9.88 Å². The number of fused-ring (bicyclic) bond motifs is 1. The number of carbonyl (C=O) groups is 2. The van der Waals surface area contributed by atoms with E-state index in [4.69, 9.17) is 4.74 Å². The smallest absolute Gasteiger partial charge is 0.410 e. The van der Waals surface area contributed by atoms with Crippen LogP contribution in [0.1, 0.15) is 32.4 Å². The van der Waals surface area contributed by atoms with Gasteiger partial charge in [-0.1, -0.05) is 18.2 Å². The summed E-state index contributed by atoms with van der Waals surface area (Å²) in [6.45, 7) is 5.38. The maximum Gasteiger partial charge on any atom is 0.410 e. The van der Waals surface area contributed by atoms with E-state index in [2.05, 4.69) is 4.98 Å². The quantitative estimate of drug-likeness (QED) is 0.882. The van der Waals surface area contributed by atoms with Crippen LogP contribution in [-0.2, 0) is 9.53 Å². The standard InChI is InChI=1S/C16H20N2O3/c1-16(2,3)21-15(20)18(4)14(10-19)12-9-17-13-8-6-5-7-11(12)13/h5-10,14,17H,1-4H3. The Labute approximate surface area is 123 Å². The van der Waals surface area contributed by atoms with E-state index >= 15 is 0 Å². The van der Waals surface area contributed by atoms with Crippen LogP contribution in [0, 0.1) is 0 Å². The summed E-state index contributed by atoms with van der Waals surface area (Å²) < 4.78 is 5.31. The van der Waals surface area contributed by atoms with Crippen LogP contribution in [0.2, 0.25) is 0 Å². The number of nitrogens with zero attached hydrogens (tertiary/aromatic N) is 1. The molecule has 0 spiro atoms. The minimum absolute atomic E-state index is 0.523. The molecule has 1 amide bonds. The molecule has 0 aliphatic heterocycles. The molecule has 1 aromatic carbocycles. The zero-order valence-corrected chi connectivity index (χ0v) is 12.7. The van der Waals surface area contributed by atoms with Crippen LogP contribution in [0.3, 0.4) is 0 Å². The highest BCUT2D eigenvalue weighted by Crippen LogP contribution is 2.27. The molecule has 1 N–H and O–H groups in total. The zero-order valence-electron chi connectivity index (χ0n) is 12.7. The molecule has 1 unspecified atom stereocenters. The molecule has 2 aromatic rings. The summed E-state index contributed by atoms with van der Waals surface area (Å²) >= 11 is 0. The van der Waals surface area contributed by atoms with Crippen molar-refractivity contribution < 1.29 is 14.3 Å². The van der Waals surface area contributed by atoms with Gasteiger partial charge in [0.15, 0.2) is 0 Å². The molecule has 112 valence electrons. The van der Waals surface area contributed by atoms with Gasteiger partial charge in [0.05, 0.1) is 0 Å². The van der Waals surface area contributed by atoms with Gasteiger partial charge in [-0.15, -0.1) is 0 Å². The first-order chi connectivity index (χ1) is 9.83. The average Bonchev–Trinajstić information content (AvgIpc) is 2.82. The molecule has 0 radical (unpaired) electrons. The van der Waals surface area contributed by atoms with Gasteiger partial charge in [-0.05, 0) is 26.8 Å². The lowest BCUT2D eigenvalue weighted by Gasteiger charge is -2.27. The largest absolute Gasteiger partial charge is 0.444 e. The fourth-order valence-corrected chi connectivity index (χ4v) is 2.16. The Balaban J connectivity index is 2.31. The number of amides is 1. The van der Waals surface area contributed by atoms with Crippen molar-refractivity contribution in [3.8, 4) is 0 Å². The summed E-state index contributed by atoms with van der Waals surface area (Å²) in [5.41, 5.74) is 1.09. The molecule has 0 aliphatic carbocycles. The molecule has 5 nitrogen and oxygen atoms in total. The molecule has 0 fully saturated rings. The third-order valence-corrected chi connectivity index (χ3v) is 3.17. The normalized spacial score (nSPS) is 13.0. The molecule has 5 heteroatoms. The van der Waals surface area contributed by atoms with Gasteiger partial charge in [-0.2, -0.15) is 0 Å². The van der Waals surface area contributed by atoms with Crippen LogP contribution < -0.4 is 0 Å². The number of hydrogen-bond acceptors (Lipinski definition) is 3. The van der Waals surface area contributed by atoms with Gasteiger partial charge in [0, 0.05) is 29.7 Å². The Kier molecular flexibility index (Phi) is 4.02. The maximum atomic E-state index is 12.1. The number of nitrogens with one attached hydrogen (secondary N) is 1. The van der Waals surface area contributed by atoms with E-state index < -0.39 is 17.7 Å². The Morgan fingerprint density at radius 1 is 1.33 bits per heavy atom. The number of likely N-dealkylation sites (N-methyl/N-ethyl adjacent to an activating group) is 1. The molecule has 0 aliphatic rings. The van der Waals surface area contributed by atoms with Crippen LogP contribution in [0.15, 0.2) is 30.5 Å². The van der Waals surface area contributed by atoms with Crippen LogP contribution in [-0.4, -0.2) is 34.9 Å². The summed E-state index contributed by atoms with van der Waals surface area (Å²) in [5.74, 6) is 0. The lowest BCUT2D eigenvalue weighted by Crippen LogP contribution is -2.37. The van der Waals surface area contributed by atoms with Crippen LogP contribution in [0.5, 0.6) is 0 Å². The predicted molar refractivity (Wildman–Crippen MR) is 81.1 cm³/mol. The van der Waals surface area contributed by atoms with Crippen molar-refractivity contribution in [2.45, 2.75) is 32.4 Å². The summed E-state index contributed by atoms with van der Waals surface area (Å²) in [6.07, 6.45) is 1.98. The van der Waals surface area contributed by atoms with Crippen molar-refractivity contribution in [1.29, 1.82) is 0 Å². The van der Waals surface area contributed by atoms with Crippen molar-refractivity contribution in [3.05, 3.63) is 36.0 Å². The molecule has 0 bridgehead atoms. The lowest BCUT2D eigenvalue weighted by atomic mass is 10.1. The van der Waals surface area contributed by atoms with Crippen molar-refractivity contribution in [3.63, 3.8) is 0 Å². The third-order valence-electron chi connectivity index (χ3n) is 3.17. The molecular formula is C16H20N2O3. The second-order valence-corrected chi connectivity index (χ2v) is 5.96. The predicted octanol–water partition coefficient (Wildman–Crippen LogP) is 3.27. The fourth-order valence-electron chi connectivity index (χ4n) is 2.16. The fraction of sp³-hybridized carbons (Fsp3) is 0.375. The minimum Gasteiger partial charge on any atom is -0.444 e. The number of aldehydes is 1. The highest BCUT2D eigenvalue weighted by molar-refractivity contribution is 5.87. The number of H-pyrrole nitrogens is 1. The monoisotopic (exact) mass is 288 g/mol. The molecule has 1 atom stereocenters. The first-order valence-electron chi connectivity index (χ1n) is 6.80. The van der Waals surface area contributed by atoms with E-state index in [0.29, 0.717) is 0 Å². The Bertz CT molecular complexity index is 655. The molecule has 2 rings (SSSR count). The molecule has 1 heterocycles. The van der Waals surface area contributed by atoms with Gasteiger partial charge in [0.1, 0.15) is 17.9 Å². The molecule has 0 saturated heterocycles. The highest BCUT2D eigenvalue weighted by atomic mass is 16.6. The number of carbonyl (C=O) groups excluding carboxylic acids is 2. The second kappa shape index (κ2) is 5.60. The lowest BCUT2D eigenvalue weighted by molar-refractivity contribution is -0.112. The first kappa shape index (κ1) is 15.1. The van der Waals surface area contributed by atoms with Crippen LogP contribution in [0.4, 0.5) is 4.79 Å². The van der Waals surface area contributed by atoms with Gasteiger partial charge >= 0.3 is 6.09 Å². The van der Waals surface area contributed by atoms with Gasteiger partial charge in [-0.3, -0.25) is 4.90 Å². The van der Waals surface area contributed by atoms with Gasteiger partial charge < -0.3 is 14.5 Å². The van der Waals surface area contributed by atoms with Crippen molar-refractivity contribution in [2.75, 3.05) is 7.05 Å². The van der Waals surface area contributed by atoms with E-state index in [0.717, 1.165) is 22.8 Å². The zero-order chi connectivity index (χ0) is 15.6. The summed E-state index contributed by atoms with van der Waals surface area (Å²) in [6, 6.07) is 6.97. The van der Waals surface area contributed by atoms with Gasteiger partial charge in [0.25, 0.3) is 0 Å². The van der Waals surface area contributed by atoms with Crippen LogP contribution >= 0.6 is 0 Å². The highest BCUT2D eigenvalue weighted by Gasteiger charge is 2.27. The van der Waals surface area contributed by atoms with Crippen LogP contribution in [0.25, 0.3) is 10.9 Å². The number of para-hydroxylation sites is 1. The number of benzene rings is 1. The topological polar surface area (TPSA) is 62.4 Å². The van der Waals surface area contributed by atoms with E-state index in [1.54, 1.807) is 34.0 Å². The van der Waals surface area contributed by atoms with E-state index in [1.165, 1.54) is 4.90 Å². The average molecular weight is 288 g/mol. The van der Waals surface area contributed by atoms with Gasteiger partial charge in [0.2, 0.25) is 0 Å². The van der Waals surface area contributed by atoms with Crippen molar-refractivity contribution in [2.24, 2.45) is 0 Å². The molecule has 1 aromatic heterocycles. The minimum atomic E-state index is -0.684. The molecular weight excluding hydrogens is 268 g/mol. The number of hydrogen-bond donors (Lipinski definition) is 1. The SMILES string of the molecule is CN(C(=O)OC(C)(C)C)C(C=O)c1c[nH]c2ccccc12. The summed E-state index contributed by atoms with van der Waals surface area (Å²) in [7, 11) is 1.56. The Morgan fingerprint density at radius 3 is 2.62 bits per heavy atom. The number of ether oxygens (including phenoxy) is 1. The van der Waals surface area contributed by atoms with E-state index in [1.807, 2.05) is 24.3 Å².